The average Bonchev–Trinajstić information content (AvgIpc) is 2.79. The van der Waals surface area contributed by atoms with E-state index in [4.69, 9.17) is 0 Å². The van der Waals surface area contributed by atoms with Crippen LogP contribution in [0.1, 0.15) is 27.8 Å². The summed E-state index contributed by atoms with van der Waals surface area (Å²) >= 11 is 0. The van der Waals surface area contributed by atoms with E-state index >= 15 is 0 Å². The van der Waals surface area contributed by atoms with Gasteiger partial charge in [0.2, 0.25) is 15.9 Å². The number of hydrogen-bond acceptors (Lipinski definition) is 3. The number of amides is 1. The maximum absolute atomic E-state index is 13.7. The Morgan fingerprint density at radius 1 is 1.03 bits per heavy atom. The molecule has 7 heteroatoms. The normalized spacial score (nSPS) is 16.4. The number of rotatable bonds is 5. The van der Waals surface area contributed by atoms with Crippen LogP contribution in [0.4, 0.5) is 4.39 Å². The molecule has 1 amide bonds. The Balaban J connectivity index is 1.67. The van der Waals surface area contributed by atoms with E-state index in [0.29, 0.717) is 5.56 Å². The number of fused-ring (bicyclic) bond motifs is 1. The second-order valence-corrected chi connectivity index (χ2v) is 10.0. The summed E-state index contributed by atoms with van der Waals surface area (Å²) in [5.74, 6) is -0.729. The lowest BCUT2D eigenvalue weighted by Crippen LogP contribution is -2.52. The maximum Gasteiger partial charge on any atom is 0.244 e. The first-order chi connectivity index (χ1) is 15.3. The van der Waals surface area contributed by atoms with Gasteiger partial charge in [-0.15, -0.1) is 0 Å². The lowest BCUT2D eigenvalue weighted by atomic mass is 9.95. The van der Waals surface area contributed by atoms with Crippen molar-refractivity contribution in [2.75, 3.05) is 0 Å². The molecule has 0 aliphatic carbocycles. The summed E-state index contributed by atoms with van der Waals surface area (Å²) in [4.78, 5) is 13.4. The van der Waals surface area contributed by atoms with Crippen molar-refractivity contribution in [2.45, 2.75) is 44.3 Å². The minimum atomic E-state index is -3.92. The third-order valence-electron chi connectivity index (χ3n) is 5.82. The van der Waals surface area contributed by atoms with Gasteiger partial charge in [-0.1, -0.05) is 48.5 Å². The number of aryl methyl sites for hydroxylation is 2. The first kappa shape index (κ1) is 22.2. The van der Waals surface area contributed by atoms with Crippen molar-refractivity contribution in [3.05, 3.63) is 100 Å². The predicted molar refractivity (Wildman–Crippen MR) is 121 cm³/mol. The molecule has 32 heavy (non-hydrogen) atoms. The number of hydrogen-bond donors (Lipinski definition) is 1. The number of halogens is 1. The fraction of sp³-hybridized carbons (Fsp3) is 0.240. The van der Waals surface area contributed by atoms with Crippen molar-refractivity contribution in [1.82, 2.24) is 9.62 Å². The molecule has 0 saturated heterocycles. The Labute approximate surface area is 187 Å². The van der Waals surface area contributed by atoms with Crippen molar-refractivity contribution >= 4 is 15.9 Å². The van der Waals surface area contributed by atoms with Gasteiger partial charge in [-0.25, -0.2) is 12.8 Å². The maximum atomic E-state index is 13.7. The number of nitrogens with one attached hydrogen (secondary N) is 1. The predicted octanol–water partition coefficient (Wildman–Crippen LogP) is 3.87. The molecule has 5 nitrogen and oxygen atoms in total. The molecule has 0 radical (unpaired) electrons. The summed E-state index contributed by atoms with van der Waals surface area (Å²) in [5.41, 5.74) is 4.06. The van der Waals surface area contributed by atoms with Crippen LogP contribution in [0, 0.1) is 19.7 Å². The molecule has 4 rings (SSSR count). The molecule has 1 N–H and O–H groups in total. The molecule has 3 aromatic carbocycles. The van der Waals surface area contributed by atoms with Gasteiger partial charge in [-0.2, -0.15) is 4.31 Å². The highest BCUT2D eigenvalue weighted by Crippen LogP contribution is 2.31. The van der Waals surface area contributed by atoms with Crippen molar-refractivity contribution < 1.29 is 17.6 Å². The van der Waals surface area contributed by atoms with E-state index in [2.05, 4.69) is 5.32 Å². The summed E-state index contributed by atoms with van der Waals surface area (Å²) < 4.78 is 41.9. The summed E-state index contributed by atoms with van der Waals surface area (Å²) in [6.07, 6.45) is 0.287. The van der Waals surface area contributed by atoms with Crippen LogP contribution in [0.3, 0.4) is 0 Å². The summed E-state index contributed by atoms with van der Waals surface area (Å²) in [6.45, 7) is 3.92. The zero-order valence-electron chi connectivity index (χ0n) is 18.0. The van der Waals surface area contributed by atoms with Gasteiger partial charge in [-0.3, -0.25) is 4.79 Å². The Bertz CT molecular complexity index is 1260. The highest BCUT2D eigenvalue weighted by atomic mass is 32.2. The number of benzene rings is 3. The van der Waals surface area contributed by atoms with Crippen molar-refractivity contribution in [1.29, 1.82) is 0 Å². The van der Waals surface area contributed by atoms with Gasteiger partial charge in [0.25, 0.3) is 0 Å². The first-order valence-corrected chi connectivity index (χ1v) is 11.9. The molecule has 1 atom stereocenters. The third-order valence-corrected chi connectivity index (χ3v) is 7.82. The van der Waals surface area contributed by atoms with Crippen molar-refractivity contribution in [2.24, 2.45) is 0 Å². The highest BCUT2D eigenvalue weighted by Gasteiger charge is 2.40. The van der Waals surface area contributed by atoms with E-state index in [-0.39, 0.29) is 36.1 Å². The third kappa shape index (κ3) is 4.45. The van der Waals surface area contributed by atoms with Crippen LogP contribution in [0.15, 0.2) is 71.6 Å². The average molecular weight is 453 g/mol. The summed E-state index contributed by atoms with van der Waals surface area (Å²) in [7, 11) is -3.92. The molecule has 0 spiro atoms. The minimum absolute atomic E-state index is 0.126. The van der Waals surface area contributed by atoms with E-state index in [1.807, 2.05) is 37.3 Å². The molecule has 0 unspecified atom stereocenters. The Morgan fingerprint density at radius 2 is 1.72 bits per heavy atom. The van der Waals surface area contributed by atoms with Gasteiger partial charge in [0, 0.05) is 13.1 Å². The van der Waals surface area contributed by atoms with Crippen LogP contribution < -0.4 is 5.32 Å². The van der Waals surface area contributed by atoms with Crippen LogP contribution in [-0.4, -0.2) is 24.7 Å². The molecule has 1 aliphatic heterocycles. The fourth-order valence-corrected chi connectivity index (χ4v) is 5.87. The zero-order chi connectivity index (χ0) is 22.9. The molecule has 1 aliphatic rings. The van der Waals surface area contributed by atoms with Crippen LogP contribution in [0.25, 0.3) is 0 Å². The Morgan fingerprint density at radius 3 is 2.44 bits per heavy atom. The molecule has 1 heterocycles. The van der Waals surface area contributed by atoms with Crippen molar-refractivity contribution in [3.63, 3.8) is 0 Å². The number of carbonyl (C=O) groups is 1. The molecule has 0 aromatic heterocycles. The fourth-order valence-electron chi connectivity index (χ4n) is 4.00. The number of carbonyl (C=O) groups excluding carboxylic acids is 1. The second kappa shape index (κ2) is 8.84. The smallest absolute Gasteiger partial charge is 0.244 e. The molecule has 0 fully saturated rings. The Hall–Kier alpha value is -3.03. The molecule has 0 saturated carbocycles. The van der Waals surface area contributed by atoms with E-state index in [0.717, 1.165) is 22.3 Å². The zero-order valence-corrected chi connectivity index (χ0v) is 18.8. The first-order valence-electron chi connectivity index (χ1n) is 10.4. The van der Waals surface area contributed by atoms with Crippen LogP contribution in [-0.2, 0) is 34.3 Å². The van der Waals surface area contributed by atoms with Crippen molar-refractivity contribution in [3.8, 4) is 0 Å². The quantitative estimate of drug-likeness (QED) is 0.639. The SMILES string of the molecule is Cc1ccc(C)c(S(=O)(=O)N2Cc3ccccc3C[C@H]2C(=O)NCc2ccc(F)cc2)c1. The molecule has 166 valence electrons. The van der Waals surface area contributed by atoms with Gasteiger partial charge in [-0.05, 0) is 66.3 Å². The van der Waals surface area contributed by atoms with Gasteiger partial charge in [0.15, 0.2) is 0 Å². The topological polar surface area (TPSA) is 66.5 Å². The van der Waals surface area contributed by atoms with Gasteiger partial charge < -0.3 is 5.32 Å². The highest BCUT2D eigenvalue weighted by molar-refractivity contribution is 7.89. The molecular formula is C25H25FN2O3S. The van der Waals surface area contributed by atoms with E-state index in [1.165, 1.54) is 16.4 Å². The lowest BCUT2D eigenvalue weighted by Gasteiger charge is -2.35. The monoisotopic (exact) mass is 452 g/mol. The van der Waals surface area contributed by atoms with Crippen LogP contribution >= 0.6 is 0 Å². The van der Waals surface area contributed by atoms with E-state index in [1.54, 1.807) is 31.2 Å². The van der Waals surface area contributed by atoms with Gasteiger partial charge in [0.05, 0.1) is 4.90 Å². The van der Waals surface area contributed by atoms with Crippen LogP contribution in [0.5, 0.6) is 0 Å². The molecule has 0 bridgehead atoms. The summed E-state index contributed by atoms with van der Waals surface area (Å²) in [6, 6.07) is 17.9. The second-order valence-electron chi connectivity index (χ2n) is 8.15. The van der Waals surface area contributed by atoms with Gasteiger partial charge in [0.1, 0.15) is 11.9 Å². The lowest BCUT2D eigenvalue weighted by molar-refractivity contribution is -0.125. The standard InChI is InChI=1S/C25H25FN2O3S/c1-17-7-8-18(2)24(13-17)32(30,31)28-16-21-6-4-3-5-20(21)14-23(28)25(29)27-15-19-9-11-22(26)12-10-19/h3-13,23H,14-16H2,1-2H3,(H,27,29)/t23-/m0/s1. The number of sulfonamides is 1. The molecular weight excluding hydrogens is 427 g/mol. The number of nitrogens with zero attached hydrogens (tertiary/aromatic N) is 1. The van der Waals surface area contributed by atoms with Gasteiger partial charge >= 0.3 is 0 Å². The largest absolute Gasteiger partial charge is 0.351 e. The Kier molecular flexibility index (Phi) is 6.13. The molecule has 3 aromatic rings. The van der Waals surface area contributed by atoms with E-state index in [9.17, 15) is 17.6 Å². The van der Waals surface area contributed by atoms with Crippen LogP contribution in [0.2, 0.25) is 0 Å². The van der Waals surface area contributed by atoms with E-state index < -0.39 is 16.1 Å². The summed E-state index contributed by atoms with van der Waals surface area (Å²) in [5, 5.41) is 2.83. The minimum Gasteiger partial charge on any atom is -0.351 e.